The van der Waals surface area contributed by atoms with E-state index in [0.29, 0.717) is 18.0 Å². The Morgan fingerprint density at radius 1 is 0.926 bits per heavy atom. The minimum Gasteiger partial charge on any atom is -0.506 e. The van der Waals surface area contributed by atoms with Crippen LogP contribution in [0.2, 0.25) is 0 Å². The smallest absolute Gasteiger partial charge is 0.262 e. The van der Waals surface area contributed by atoms with Crippen molar-refractivity contribution in [2.24, 2.45) is 0 Å². The number of hydrogen-bond donors (Lipinski definition) is 2. The number of aryl methyl sites for hydroxylation is 1. The highest BCUT2D eigenvalue weighted by molar-refractivity contribution is 5.93. The highest BCUT2D eigenvalue weighted by Gasteiger charge is 2.07. The second-order valence-corrected chi connectivity index (χ2v) is 6.10. The Balaban J connectivity index is 1.47. The monoisotopic (exact) mass is 363 g/mol. The van der Waals surface area contributed by atoms with Crippen LogP contribution in [0.3, 0.4) is 0 Å². The van der Waals surface area contributed by atoms with Crippen LogP contribution in [0.5, 0.6) is 17.2 Å². The summed E-state index contributed by atoms with van der Waals surface area (Å²) in [7, 11) is 0. The summed E-state index contributed by atoms with van der Waals surface area (Å²) in [4.78, 5) is 12.0. The average molecular weight is 363 g/mol. The molecule has 0 aliphatic rings. The molecule has 0 aliphatic heterocycles. The molecule has 5 nitrogen and oxygen atoms in total. The Morgan fingerprint density at radius 3 is 2.26 bits per heavy atom. The predicted molar refractivity (Wildman–Crippen MR) is 104 cm³/mol. The van der Waals surface area contributed by atoms with E-state index in [9.17, 15) is 9.90 Å². The number of rotatable bonds is 7. The zero-order valence-corrected chi connectivity index (χ0v) is 15.0. The zero-order chi connectivity index (χ0) is 19.1. The van der Waals surface area contributed by atoms with Crippen molar-refractivity contribution in [2.75, 3.05) is 11.9 Å². The number of anilines is 1. The first kappa shape index (κ1) is 18.3. The van der Waals surface area contributed by atoms with E-state index in [1.54, 1.807) is 36.4 Å². The van der Waals surface area contributed by atoms with Crippen LogP contribution >= 0.6 is 0 Å². The van der Waals surface area contributed by atoms with Crippen LogP contribution in [-0.4, -0.2) is 17.6 Å². The summed E-state index contributed by atoms with van der Waals surface area (Å²) >= 11 is 0. The Morgan fingerprint density at radius 2 is 1.59 bits per heavy atom. The lowest BCUT2D eigenvalue weighted by molar-refractivity contribution is -0.118. The minimum absolute atomic E-state index is 0.0308. The number of ether oxygens (including phenoxy) is 2. The first-order valence-corrected chi connectivity index (χ1v) is 8.59. The summed E-state index contributed by atoms with van der Waals surface area (Å²) in [6.45, 7) is 2.20. The average Bonchev–Trinajstić information content (AvgIpc) is 2.68. The van der Waals surface area contributed by atoms with Crippen molar-refractivity contribution in [3.63, 3.8) is 0 Å². The molecule has 0 saturated heterocycles. The van der Waals surface area contributed by atoms with Gasteiger partial charge in [0.05, 0.1) is 5.69 Å². The molecule has 0 aliphatic carbocycles. The molecule has 2 N–H and O–H groups in total. The lowest BCUT2D eigenvalue weighted by atomic mass is 10.2. The molecule has 3 aromatic carbocycles. The van der Waals surface area contributed by atoms with Crippen LogP contribution in [0.15, 0.2) is 72.8 Å². The summed E-state index contributed by atoms with van der Waals surface area (Å²) in [5, 5.41) is 12.4. The fraction of sp³-hybridized carbons (Fsp3) is 0.136. The number of carbonyl (C=O) groups excluding carboxylic acids is 1. The van der Waals surface area contributed by atoms with E-state index >= 15 is 0 Å². The number of aromatic hydroxyl groups is 1. The number of hydrogen-bond acceptors (Lipinski definition) is 4. The standard InChI is InChI=1S/C22H21NO4/c1-16-7-12-20(21(24)13-16)23-22(25)15-27-19-10-8-18(9-11-19)26-14-17-5-3-2-4-6-17/h2-13,24H,14-15H2,1H3,(H,23,25). The molecular formula is C22H21NO4. The van der Waals surface area contributed by atoms with E-state index in [2.05, 4.69) is 5.32 Å². The van der Waals surface area contributed by atoms with Gasteiger partial charge in [-0.3, -0.25) is 4.79 Å². The normalized spacial score (nSPS) is 10.3. The quantitative estimate of drug-likeness (QED) is 0.614. The molecule has 3 rings (SSSR count). The lowest BCUT2D eigenvalue weighted by Crippen LogP contribution is -2.20. The molecule has 0 atom stereocenters. The molecule has 0 unspecified atom stereocenters. The summed E-state index contributed by atoms with van der Waals surface area (Å²) < 4.78 is 11.2. The van der Waals surface area contributed by atoms with Crippen molar-refractivity contribution in [3.05, 3.63) is 83.9 Å². The maximum absolute atomic E-state index is 12.0. The summed E-state index contributed by atoms with van der Waals surface area (Å²) in [6.07, 6.45) is 0. The van der Waals surface area contributed by atoms with Gasteiger partial charge in [-0.15, -0.1) is 0 Å². The molecular weight excluding hydrogens is 342 g/mol. The fourth-order valence-electron chi connectivity index (χ4n) is 2.46. The molecule has 5 heteroatoms. The number of nitrogens with one attached hydrogen (secondary N) is 1. The Kier molecular flexibility index (Phi) is 5.94. The van der Waals surface area contributed by atoms with Gasteiger partial charge in [0, 0.05) is 0 Å². The lowest BCUT2D eigenvalue weighted by Gasteiger charge is -2.10. The van der Waals surface area contributed by atoms with Gasteiger partial charge in [0.25, 0.3) is 5.91 Å². The third-order valence-corrected chi connectivity index (χ3v) is 3.87. The molecule has 0 aromatic heterocycles. The van der Waals surface area contributed by atoms with Gasteiger partial charge in [0.1, 0.15) is 23.9 Å². The third kappa shape index (κ3) is 5.51. The Bertz CT molecular complexity index is 892. The maximum Gasteiger partial charge on any atom is 0.262 e. The maximum atomic E-state index is 12.0. The van der Waals surface area contributed by atoms with E-state index in [1.807, 2.05) is 43.3 Å². The largest absolute Gasteiger partial charge is 0.506 e. The van der Waals surface area contributed by atoms with E-state index < -0.39 is 0 Å². The second-order valence-electron chi connectivity index (χ2n) is 6.10. The number of phenols is 1. The summed E-state index contributed by atoms with van der Waals surface area (Å²) in [5.74, 6) is 0.965. The zero-order valence-electron chi connectivity index (χ0n) is 15.0. The van der Waals surface area contributed by atoms with Crippen LogP contribution in [0.1, 0.15) is 11.1 Å². The van der Waals surface area contributed by atoms with Crippen molar-refractivity contribution < 1.29 is 19.4 Å². The first-order valence-electron chi connectivity index (χ1n) is 8.59. The van der Waals surface area contributed by atoms with Gasteiger partial charge >= 0.3 is 0 Å². The summed E-state index contributed by atoms with van der Waals surface area (Å²) in [6, 6.07) is 22.0. The van der Waals surface area contributed by atoms with E-state index in [0.717, 1.165) is 16.9 Å². The topological polar surface area (TPSA) is 67.8 Å². The van der Waals surface area contributed by atoms with Crippen molar-refractivity contribution >= 4 is 11.6 Å². The van der Waals surface area contributed by atoms with Crippen molar-refractivity contribution in [1.29, 1.82) is 0 Å². The highest BCUT2D eigenvalue weighted by Crippen LogP contribution is 2.24. The number of amides is 1. The molecule has 0 heterocycles. The van der Waals surface area contributed by atoms with Gasteiger partial charge in [-0.05, 0) is 54.4 Å². The SMILES string of the molecule is Cc1ccc(NC(=O)COc2ccc(OCc3ccccc3)cc2)c(O)c1. The van der Waals surface area contributed by atoms with Crippen molar-refractivity contribution in [3.8, 4) is 17.2 Å². The molecule has 138 valence electrons. The minimum atomic E-state index is -0.349. The molecule has 0 fully saturated rings. The van der Waals surface area contributed by atoms with E-state index in [1.165, 1.54) is 0 Å². The first-order chi connectivity index (χ1) is 13.1. The van der Waals surface area contributed by atoms with Crippen LogP contribution in [0.25, 0.3) is 0 Å². The molecule has 27 heavy (non-hydrogen) atoms. The van der Waals surface area contributed by atoms with Gasteiger partial charge in [-0.2, -0.15) is 0 Å². The van der Waals surface area contributed by atoms with Gasteiger partial charge < -0.3 is 19.9 Å². The Hall–Kier alpha value is -3.47. The number of phenolic OH excluding ortho intramolecular Hbond substituents is 1. The van der Waals surface area contributed by atoms with Crippen LogP contribution in [0, 0.1) is 6.92 Å². The summed E-state index contributed by atoms with van der Waals surface area (Å²) in [5.41, 5.74) is 2.36. The molecule has 0 saturated carbocycles. The predicted octanol–water partition coefficient (Wildman–Crippen LogP) is 4.30. The van der Waals surface area contributed by atoms with Crippen LogP contribution in [-0.2, 0) is 11.4 Å². The van der Waals surface area contributed by atoms with Gasteiger partial charge in [0.2, 0.25) is 0 Å². The molecule has 3 aromatic rings. The Labute approximate surface area is 158 Å². The van der Waals surface area contributed by atoms with Crippen molar-refractivity contribution in [2.45, 2.75) is 13.5 Å². The van der Waals surface area contributed by atoms with Crippen LogP contribution < -0.4 is 14.8 Å². The molecule has 0 radical (unpaired) electrons. The van der Waals surface area contributed by atoms with E-state index in [-0.39, 0.29) is 18.3 Å². The van der Waals surface area contributed by atoms with Gasteiger partial charge in [-0.1, -0.05) is 36.4 Å². The van der Waals surface area contributed by atoms with Gasteiger partial charge in [0.15, 0.2) is 6.61 Å². The number of carbonyl (C=O) groups is 1. The molecule has 0 spiro atoms. The van der Waals surface area contributed by atoms with Gasteiger partial charge in [-0.25, -0.2) is 0 Å². The van der Waals surface area contributed by atoms with E-state index in [4.69, 9.17) is 9.47 Å². The highest BCUT2D eigenvalue weighted by atomic mass is 16.5. The molecule has 1 amide bonds. The second kappa shape index (κ2) is 8.76. The molecule has 0 bridgehead atoms. The van der Waals surface area contributed by atoms with Crippen LogP contribution in [0.4, 0.5) is 5.69 Å². The third-order valence-electron chi connectivity index (χ3n) is 3.87. The number of benzene rings is 3. The van der Waals surface area contributed by atoms with Crippen molar-refractivity contribution in [1.82, 2.24) is 0 Å². The fourth-order valence-corrected chi connectivity index (χ4v) is 2.46.